The predicted molar refractivity (Wildman–Crippen MR) is 87.3 cm³/mol. The summed E-state index contributed by atoms with van der Waals surface area (Å²) < 4.78 is 7.05. The summed E-state index contributed by atoms with van der Waals surface area (Å²) in [7, 11) is 0. The fraction of sp³-hybridized carbons (Fsp3) is 0.400. The number of ether oxygens (including phenoxy) is 1. The maximum absolute atomic E-state index is 6.08. The fourth-order valence-electron chi connectivity index (χ4n) is 2.04. The van der Waals surface area contributed by atoms with Crippen LogP contribution in [0.2, 0.25) is 0 Å². The van der Waals surface area contributed by atoms with Crippen LogP contribution in [-0.4, -0.2) is 11.0 Å². The molecule has 1 atom stereocenters. The summed E-state index contributed by atoms with van der Waals surface area (Å²) >= 11 is 5.15. The Morgan fingerprint density at radius 1 is 1.45 bits per heavy atom. The van der Waals surface area contributed by atoms with Gasteiger partial charge in [0, 0.05) is 22.1 Å². The third-order valence-electron chi connectivity index (χ3n) is 3.15. The predicted octanol–water partition coefficient (Wildman–Crippen LogP) is 4.07. The molecule has 0 aliphatic heterocycles. The molecule has 0 saturated heterocycles. The largest absolute Gasteiger partial charge is 0.486 e. The van der Waals surface area contributed by atoms with Crippen molar-refractivity contribution in [2.45, 2.75) is 39.3 Å². The molecule has 3 nitrogen and oxygen atoms in total. The first-order valence-corrected chi connectivity index (χ1v) is 8.33. The molecule has 1 heterocycles. The summed E-state index contributed by atoms with van der Waals surface area (Å²) in [6, 6.07) is 4.32. The third kappa shape index (κ3) is 4.04. The zero-order valence-corrected chi connectivity index (χ0v) is 14.1. The SMILES string of the molecule is CCC(N)Cc1cc(Br)cc(C)c1OCc1nccs1. The van der Waals surface area contributed by atoms with E-state index in [1.165, 1.54) is 0 Å². The van der Waals surface area contributed by atoms with Crippen molar-refractivity contribution < 1.29 is 4.74 Å². The molecule has 2 rings (SSSR count). The lowest BCUT2D eigenvalue weighted by atomic mass is 10.0. The Hall–Kier alpha value is -0.910. The van der Waals surface area contributed by atoms with Gasteiger partial charge in [0.1, 0.15) is 17.4 Å². The standard InChI is InChI=1S/C15H19BrN2OS/c1-3-13(17)8-11-7-12(16)6-10(2)15(11)19-9-14-18-4-5-20-14/h4-7,13H,3,8-9,17H2,1-2H3. The molecule has 20 heavy (non-hydrogen) atoms. The molecule has 1 unspecified atom stereocenters. The molecule has 0 amide bonds. The highest BCUT2D eigenvalue weighted by molar-refractivity contribution is 9.10. The molecule has 0 saturated carbocycles. The van der Waals surface area contributed by atoms with Crippen molar-refractivity contribution in [2.24, 2.45) is 5.73 Å². The summed E-state index contributed by atoms with van der Waals surface area (Å²) in [6.07, 6.45) is 3.58. The lowest BCUT2D eigenvalue weighted by Gasteiger charge is -2.16. The van der Waals surface area contributed by atoms with Crippen molar-refractivity contribution in [3.63, 3.8) is 0 Å². The van der Waals surface area contributed by atoms with Crippen molar-refractivity contribution in [3.8, 4) is 5.75 Å². The molecular weight excluding hydrogens is 336 g/mol. The molecule has 5 heteroatoms. The van der Waals surface area contributed by atoms with E-state index in [1.807, 2.05) is 5.38 Å². The second-order valence-corrected chi connectivity index (χ2v) is 6.69. The average Bonchev–Trinajstić information content (AvgIpc) is 2.90. The summed E-state index contributed by atoms with van der Waals surface area (Å²) in [5, 5.41) is 2.94. The zero-order chi connectivity index (χ0) is 14.5. The molecule has 2 aromatic rings. The molecule has 108 valence electrons. The van der Waals surface area contributed by atoms with Gasteiger partial charge in [0.15, 0.2) is 0 Å². The van der Waals surface area contributed by atoms with Crippen LogP contribution in [0.4, 0.5) is 0 Å². The molecule has 0 aliphatic rings. The Morgan fingerprint density at radius 2 is 2.25 bits per heavy atom. The Labute approximate surface area is 132 Å². The van der Waals surface area contributed by atoms with Gasteiger partial charge in [0.25, 0.3) is 0 Å². The molecule has 2 N–H and O–H groups in total. The monoisotopic (exact) mass is 354 g/mol. The van der Waals surface area contributed by atoms with Gasteiger partial charge in [-0.1, -0.05) is 22.9 Å². The van der Waals surface area contributed by atoms with Crippen LogP contribution in [-0.2, 0) is 13.0 Å². The highest BCUT2D eigenvalue weighted by Gasteiger charge is 2.12. The summed E-state index contributed by atoms with van der Waals surface area (Å²) in [6.45, 7) is 4.67. The van der Waals surface area contributed by atoms with Gasteiger partial charge < -0.3 is 10.5 Å². The molecular formula is C15H19BrN2OS. The molecule has 1 aromatic carbocycles. The van der Waals surface area contributed by atoms with Crippen LogP contribution in [0.1, 0.15) is 29.5 Å². The first-order valence-electron chi connectivity index (χ1n) is 6.66. The van der Waals surface area contributed by atoms with Gasteiger partial charge in [-0.2, -0.15) is 0 Å². The smallest absolute Gasteiger partial charge is 0.140 e. The second kappa shape index (κ2) is 7.20. The number of halogens is 1. The van der Waals surface area contributed by atoms with Gasteiger partial charge >= 0.3 is 0 Å². The first kappa shape index (κ1) is 15.5. The van der Waals surface area contributed by atoms with Gasteiger partial charge in [-0.05, 0) is 43.0 Å². The molecule has 1 aromatic heterocycles. The van der Waals surface area contributed by atoms with Crippen molar-refractivity contribution >= 4 is 27.3 Å². The second-order valence-electron chi connectivity index (χ2n) is 4.80. The zero-order valence-electron chi connectivity index (χ0n) is 11.7. The fourth-order valence-corrected chi connectivity index (χ4v) is 3.19. The summed E-state index contributed by atoms with van der Waals surface area (Å²) in [5.74, 6) is 0.937. The summed E-state index contributed by atoms with van der Waals surface area (Å²) in [4.78, 5) is 4.24. The van der Waals surface area contributed by atoms with Gasteiger partial charge in [0.05, 0.1) is 0 Å². The van der Waals surface area contributed by atoms with Crippen molar-refractivity contribution in [1.82, 2.24) is 4.98 Å². The van der Waals surface area contributed by atoms with Crippen molar-refractivity contribution in [3.05, 3.63) is 44.3 Å². The number of thiazole rings is 1. The molecule has 0 fully saturated rings. The Kier molecular flexibility index (Phi) is 5.57. The minimum absolute atomic E-state index is 0.158. The number of benzene rings is 1. The van der Waals surface area contributed by atoms with Crippen LogP contribution < -0.4 is 10.5 Å². The molecule has 0 radical (unpaired) electrons. The normalized spacial score (nSPS) is 12.4. The molecule has 0 aliphatic carbocycles. The number of hydrogen-bond donors (Lipinski definition) is 1. The lowest BCUT2D eigenvalue weighted by molar-refractivity contribution is 0.299. The highest BCUT2D eigenvalue weighted by Crippen LogP contribution is 2.30. The van der Waals surface area contributed by atoms with Crippen molar-refractivity contribution in [1.29, 1.82) is 0 Å². The van der Waals surface area contributed by atoms with E-state index in [1.54, 1.807) is 17.5 Å². The van der Waals surface area contributed by atoms with E-state index >= 15 is 0 Å². The molecule has 0 spiro atoms. The lowest BCUT2D eigenvalue weighted by Crippen LogP contribution is -2.22. The highest BCUT2D eigenvalue weighted by atomic mass is 79.9. The van der Waals surface area contributed by atoms with E-state index < -0.39 is 0 Å². The van der Waals surface area contributed by atoms with Gasteiger partial charge in [0.2, 0.25) is 0 Å². The summed E-state index contributed by atoms with van der Waals surface area (Å²) in [5.41, 5.74) is 8.36. The minimum atomic E-state index is 0.158. The minimum Gasteiger partial charge on any atom is -0.486 e. The topological polar surface area (TPSA) is 48.1 Å². The van der Waals surface area contributed by atoms with Crippen LogP contribution in [0.3, 0.4) is 0 Å². The van der Waals surface area contributed by atoms with Gasteiger partial charge in [-0.25, -0.2) is 4.98 Å². The van der Waals surface area contributed by atoms with Crippen LogP contribution >= 0.6 is 27.3 Å². The number of nitrogens with two attached hydrogens (primary N) is 1. The third-order valence-corrected chi connectivity index (χ3v) is 4.36. The number of nitrogens with zero attached hydrogens (tertiary/aromatic N) is 1. The van der Waals surface area contributed by atoms with E-state index in [4.69, 9.17) is 10.5 Å². The number of rotatable bonds is 6. The van der Waals surface area contributed by atoms with Crippen LogP contribution in [0.15, 0.2) is 28.2 Å². The Bertz CT molecular complexity index is 557. The van der Waals surface area contributed by atoms with Crippen LogP contribution in [0, 0.1) is 6.92 Å². The van der Waals surface area contributed by atoms with E-state index in [9.17, 15) is 0 Å². The van der Waals surface area contributed by atoms with Gasteiger partial charge in [-0.3, -0.25) is 0 Å². The quantitative estimate of drug-likeness (QED) is 0.850. The van der Waals surface area contributed by atoms with Crippen molar-refractivity contribution in [2.75, 3.05) is 0 Å². The maximum Gasteiger partial charge on any atom is 0.140 e. The van der Waals surface area contributed by atoms with Crippen LogP contribution in [0.5, 0.6) is 5.75 Å². The van der Waals surface area contributed by atoms with Gasteiger partial charge in [-0.15, -0.1) is 11.3 Å². The Morgan fingerprint density at radius 3 is 2.90 bits per heavy atom. The number of hydrogen-bond acceptors (Lipinski definition) is 4. The first-order chi connectivity index (χ1) is 9.60. The average molecular weight is 355 g/mol. The number of aryl methyl sites for hydroxylation is 1. The van der Waals surface area contributed by atoms with E-state index in [0.717, 1.165) is 39.2 Å². The maximum atomic E-state index is 6.08. The number of aromatic nitrogens is 1. The van der Waals surface area contributed by atoms with E-state index in [0.29, 0.717) is 6.61 Å². The van der Waals surface area contributed by atoms with E-state index in [2.05, 4.69) is 46.9 Å². The van der Waals surface area contributed by atoms with Crippen LogP contribution in [0.25, 0.3) is 0 Å². The van der Waals surface area contributed by atoms with E-state index in [-0.39, 0.29) is 6.04 Å². The molecule has 0 bridgehead atoms. The Balaban J connectivity index is 2.20.